The molecule has 1 aromatic carbocycles. The van der Waals surface area contributed by atoms with E-state index in [9.17, 15) is 5.11 Å². The maximum absolute atomic E-state index is 9.84. The fourth-order valence-electron chi connectivity index (χ4n) is 2.47. The SMILES string of the molecule is CC(C)(C)CC(C)(C)c1ccccc1O.O=P(O)(O)O. The van der Waals surface area contributed by atoms with Gasteiger partial charge in [0.2, 0.25) is 0 Å². The van der Waals surface area contributed by atoms with Gasteiger partial charge in [0.05, 0.1) is 0 Å². The number of hydrogen-bond acceptors (Lipinski definition) is 2. The molecule has 0 bridgehead atoms. The molecule has 6 heteroatoms. The second-order valence-electron chi connectivity index (χ2n) is 6.65. The van der Waals surface area contributed by atoms with Crippen LogP contribution in [0.15, 0.2) is 24.3 Å². The Balaban J connectivity index is 0.000000621. The maximum atomic E-state index is 9.84. The van der Waals surface area contributed by atoms with Crippen molar-refractivity contribution in [2.75, 3.05) is 0 Å². The lowest BCUT2D eigenvalue weighted by Gasteiger charge is -2.33. The molecule has 5 nitrogen and oxygen atoms in total. The van der Waals surface area contributed by atoms with E-state index in [1.807, 2.05) is 18.2 Å². The van der Waals surface area contributed by atoms with E-state index in [1.165, 1.54) is 0 Å². The molecule has 0 radical (unpaired) electrons. The highest BCUT2D eigenvalue weighted by Gasteiger charge is 2.28. The van der Waals surface area contributed by atoms with E-state index >= 15 is 0 Å². The monoisotopic (exact) mass is 304 g/mol. The molecule has 0 unspecified atom stereocenters. The van der Waals surface area contributed by atoms with Crippen LogP contribution in [0.3, 0.4) is 0 Å². The van der Waals surface area contributed by atoms with Crippen molar-refractivity contribution >= 4 is 7.82 Å². The number of rotatable bonds is 2. The zero-order valence-corrected chi connectivity index (χ0v) is 13.6. The predicted octanol–water partition coefficient (Wildman–Crippen LogP) is 3.18. The summed E-state index contributed by atoms with van der Waals surface area (Å²) < 4.78 is 8.88. The van der Waals surface area contributed by atoms with Gasteiger partial charge in [-0.05, 0) is 28.9 Å². The fraction of sp³-hybridized carbons (Fsp3) is 0.571. The second-order valence-corrected chi connectivity index (χ2v) is 7.68. The topological polar surface area (TPSA) is 98.0 Å². The van der Waals surface area contributed by atoms with Gasteiger partial charge in [-0.1, -0.05) is 52.8 Å². The van der Waals surface area contributed by atoms with Gasteiger partial charge < -0.3 is 19.8 Å². The van der Waals surface area contributed by atoms with E-state index in [4.69, 9.17) is 19.2 Å². The summed E-state index contributed by atoms with van der Waals surface area (Å²) >= 11 is 0. The molecule has 0 fully saturated rings. The summed E-state index contributed by atoms with van der Waals surface area (Å²) in [6.07, 6.45) is 1.05. The van der Waals surface area contributed by atoms with Crippen molar-refractivity contribution in [2.24, 2.45) is 5.41 Å². The van der Waals surface area contributed by atoms with Crippen LogP contribution in [0.25, 0.3) is 0 Å². The van der Waals surface area contributed by atoms with Crippen molar-refractivity contribution in [2.45, 2.75) is 46.5 Å². The van der Waals surface area contributed by atoms with Crippen molar-refractivity contribution in [3.63, 3.8) is 0 Å². The zero-order chi connectivity index (χ0) is 16.2. The Labute approximate surface area is 120 Å². The van der Waals surface area contributed by atoms with Crippen LogP contribution in [0.2, 0.25) is 0 Å². The number of phenols is 1. The van der Waals surface area contributed by atoms with E-state index in [1.54, 1.807) is 6.07 Å². The molecule has 4 N–H and O–H groups in total. The van der Waals surface area contributed by atoms with Gasteiger partial charge in [0.1, 0.15) is 5.75 Å². The Kier molecular flexibility index (Phi) is 6.43. The highest BCUT2D eigenvalue weighted by Crippen LogP contribution is 2.39. The van der Waals surface area contributed by atoms with E-state index in [-0.39, 0.29) is 10.8 Å². The number of aromatic hydroxyl groups is 1. The summed E-state index contributed by atoms with van der Waals surface area (Å²) in [4.78, 5) is 21.6. The number of para-hydroxylation sites is 1. The molecule has 0 aliphatic heterocycles. The van der Waals surface area contributed by atoms with Gasteiger partial charge in [0.25, 0.3) is 0 Å². The second kappa shape index (κ2) is 6.72. The van der Waals surface area contributed by atoms with Crippen LogP contribution in [0.5, 0.6) is 5.75 Å². The van der Waals surface area contributed by atoms with E-state index in [0.29, 0.717) is 5.75 Å². The average molecular weight is 304 g/mol. The van der Waals surface area contributed by atoms with Crippen molar-refractivity contribution in [1.29, 1.82) is 0 Å². The van der Waals surface area contributed by atoms with E-state index < -0.39 is 7.82 Å². The summed E-state index contributed by atoms with van der Waals surface area (Å²) in [7, 11) is -4.64. The van der Waals surface area contributed by atoms with Crippen LogP contribution >= 0.6 is 7.82 Å². The van der Waals surface area contributed by atoms with Gasteiger partial charge in [-0.15, -0.1) is 0 Å². The Morgan fingerprint density at radius 1 is 1.00 bits per heavy atom. The molecule has 0 aliphatic rings. The molecule has 1 aromatic rings. The van der Waals surface area contributed by atoms with Gasteiger partial charge in [-0.3, -0.25) is 0 Å². The first kappa shape index (κ1) is 19.1. The molecule has 1 rings (SSSR count). The van der Waals surface area contributed by atoms with Crippen molar-refractivity contribution in [1.82, 2.24) is 0 Å². The highest BCUT2D eigenvalue weighted by molar-refractivity contribution is 7.45. The van der Waals surface area contributed by atoms with Gasteiger partial charge in [0.15, 0.2) is 0 Å². The Bertz CT molecular complexity index is 462. The molecule has 0 spiro atoms. The molecule has 0 atom stereocenters. The number of benzene rings is 1. The summed E-state index contributed by atoms with van der Waals surface area (Å²) in [5.41, 5.74) is 1.33. The average Bonchev–Trinajstić information content (AvgIpc) is 2.10. The molecule has 0 aromatic heterocycles. The first-order valence-electron chi connectivity index (χ1n) is 6.29. The van der Waals surface area contributed by atoms with Crippen LogP contribution in [-0.4, -0.2) is 19.8 Å². The third kappa shape index (κ3) is 9.10. The van der Waals surface area contributed by atoms with E-state index in [2.05, 4.69) is 34.6 Å². The Hall–Kier alpha value is -0.870. The van der Waals surface area contributed by atoms with Crippen LogP contribution < -0.4 is 0 Å². The summed E-state index contributed by atoms with van der Waals surface area (Å²) in [6, 6.07) is 7.63. The lowest BCUT2D eigenvalue weighted by atomic mass is 9.72. The highest BCUT2D eigenvalue weighted by atomic mass is 31.2. The Morgan fingerprint density at radius 3 is 1.75 bits per heavy atom. The minimum atomic E-state index is -4.64. The van der Waals surface area contributed by atoms with Crippen LogP contribution in [0.4, 0.5) is 0 Å². The standard InChI is InChI=1S/C14H22O.H3O4P/c1-13(2,3)10-14(4,5)11-8-6-7-9-12(11)15;1-5(2,3)4/h6-9,15H,10H2,1-5H3;(H3,1,2,3,4). The quantitative estimate of drug-likeness (QED) is 0.629. The number of phenolic OH excluding ortho intramolecular Hbond substituents is 1. The largest absolute Gasteiger partial charge is 0.508 e. The van der Waals surface area contributed by atoms with Gasteiger partial charge >= 0.3 is 7.82 Å². The van der Waals surface area contributed by atoms with Crippen molar-refractivity contribution in [3.8, 4) is 5.75 Å². The first-order valence-corrected chi connectivity index (χ1v) is 7.86. The predicted molar refractivity (Wildman–Crippen MR) is 79.5 cm³/mol. The molecule has 0 aliphatic carbocycles. The van der Waals surface area contributed by atoms with E-state index in [0.717, 1.165) is 12.0 Å². The van der Waals surface area contributed by atoms with Crippen LogP contribution in [0, 0.1) is 5.41 Å². The lowest BCUT2D eigenvalue weighted by Crippen LogP contribution is -2.24. The molecule has 116 valence electrons. The summed E-state index contributed by atoms with van der Waals surface area (Å²) in [6.45, 7) is 11.1. The fourth-order valence-corrected chi connectivity index (χ4v) is 2.47. The van der Waals surface area contributed by atoms with Gasteiger partial charge in [0, 0.05) is 0 Å². The molecule has 0 amide bonds. The summed E-state index contributed by atoms with van der Waals surface area (Å²) in [5, 5.41) is 9.84. The van der Waals surface area contributed by atoms with Gasteiger partial charge in [-0.25, -0.2) is 4.57 Å². The molecule has 0 saturated carbocycles. The van der Waals surface area contributed by atoms with Crippen molar-refractivity contribution in [3.05, 3.63) is 29.8 Å². The Morgan fingerprint density at radius 2 is 1.40 bits per heavy atom. The number of hydrogen-bond donors (Lipinski definition) is 4. The molecular formula is C14H25O5P. The lowest BCUT2D eigenvalue weighted by molar-refractivity contribution is 0.275. The molecule has 0 heterocycles. The maximum Gasteiger partial charge on any atom is 0.466 e. The first-order chi connectivity index (χ1) is 8.72. The zero-order valence-electron chi connectivity index (χ0n) is 12.7. The third-order valence-electron chi connectivity index (χ3n) is 2.61. The molecule has 0 saturated heterocycles. The van der Waals surface area contributed by atoms with Crippen LogP contribution in [-0.2, 0) is 9.98 Å². The summed E-state index contributed by atoms with van der Waals surface area (Å²) in [5.74, 6) is 0.409. The normalized spacial score (nSPS) is 12.6. The third-order valence-corrected chi connectivity index (χ3v) is 2.61. The molecular weight excluding hydrogens is 279 g/mol. The van der Waals surface area contributed by atoms with Crippen LogP contribution in [0.1, 0.15) is 46.6 Å². The minimum Gasteiger partial charge on any atom is -0.508 e. The van der Waals surface area contributed by atoms with Crippen molar-refractivity contribution < 1.29 is 24.4 Å². The smallest absolute Gasteiger partial charge is 0.466 e. The number of phosphoric acid groups is 1. The van der Waals surface area contributed by atoms with Gasteiger partial charge in [-0.2, -0.15) is 0 Å². The molecule has 20 heavy (non-hydrogen) atoms. The minimum absolute atomic E-state index is 0.0175.